The van der Waals surface area contributed by atoms with Crippen LogP contribution in [0.5, 0.6) is 17.2 Å². The number of likely N-dealkylation sites (N-methyl/N-ethyl adjacent to an activating group) is 1. The van der Waals surface area contributed by atoms with Gasteiger partial charge >= 0.3 is 0 Å². The maximum atomic E-state index is 13.3. The van der Waals surface area contributed by atoms with Gasteiger partial charge in [0, 0.05) is 19.3 Å². The first-order valence-corrected chi connectivity index (χ1v) is 11.0. The lowest BCUT2D eigenvalue weighted by molar-refractivity contribution is -0.915. The lowest BCUT2D eigenvalue weighted by atomic mass is 9.79. The Kier molecular flexibility index (Phi) is 5.91. The zero-order valence-electron chi connectivity index (χ0n) is 18.2. The van der Waals surface area contributed by atoms with Gasteiger partial charge in [0.15, 0.2) is 17.3 Å². The second-order valence-electron chi connectivity index (χ2n) is 9.19. The Labute approximate surface area is 178 Å². The van der Waals surface area contributed by atoms with Crippen LogP contribution in [0, 0.1) is 5.92 Å². The quantitative estimate of drug-likeness (QED) is 0.628. The smallest absolute Gasteiger partial charge is 0.231 e. The number of hydrogen-bond donors (Lipinski definition) is 2. The summed E-state index contributed by atoms with van der Waals surface area (Å²) < 4.78 is 17.1. The minimum atomic E-state index is -0.910. The standard InChI is InChI=1S/C23H32N2O5/c1-23(24-13-26,19(27)10-15-6-4-5-7-15)12-17-20-16(8-9-25(17)2)11-18-21(22(20)28-3)30-14-29-18/h11,13,15,17H,4-10,12,14H2,1-3H3,(H,24,26)/p+1/t17-,23+/m1/s1. The van der Waals surface area contributed by atoms with Gasteiger partial charge in [-0.05, 0) is 24.5 Å². The van der Waals surface area contributed by atoms with E-state index < -0.39 is 5.54 Å². The summed E-state index contributed by atoms with van der Waals surface area (Å²) in [5.41, 5.74) is 1.33. The molecule has 7 heteroatoms. The molecule has 1 saturated carbocycles. The van der Waals surface area contributed by atoms with Crippen LogP contribution in [0.2, 0.25) is 0 Å². The molecule has 1 amide bonds. The molecule has 2 aliphatic heterocycles. The first-order chi connectivity index (χ1) is 14.5. The second-order valence-corrected chi connectivity index (χ2v) is 9.19. The highest BCUT2D eigenvalue weighted by atomic mass is 16.7. The molecule has 0 aromatic heterocycles. The zero-order valence-corrected chi connectivity index (χ0v) is 18.2. The van der Waals surface area contributed by atoms with Gasteiger partial charge in [0.05, 0.1) is 26.3 Å². The van der Waals surface area contributed by atoms with Crippen molar-refractivity contribution in [3.05, 3.63) is 17.2 Å². The Morgan fingerprint density at radius 2 is 2.13 bits per heavy atom. The van der Waals surface area contributed by atoms with E-state index >= 15 is 0 Å². The average molecular weight is 418 g/mol. The number of ketones is 1. The molecule has 4 rings (SSSR count). The number of ether oxygens (including phenoxy) is 3. The number of Topliss-reactive ketones (excluding diaryl/α,β-unsaturated/α-hetero) is 1. The molecule has 0 bridgehead atoms. The summed E-state index contributed by atoms with van der Waals surface area (Å²) in [6, 6.07) is 2.05. The molecule has 1 fully saturated rings. The molecular formula is C23H33N2O5+. The third-order valence-corrected chi connectivity index (χ3v) is 7.23. The molecule has 0 spiro atoms. The fraction of sp³-hybridized carbons (Fsp3) is 0.652. The first kappa shape index (κ1) is 21.0. The molecule has 1 unspecified atom stereocenters. The minimum absolute atomic E-state index is 0.00294. The normalized spacial score (nSPS) is 24.8. The van der Waals surface area contributed by atoms with Gasteiger partial charge in [-0.1, -0.05) is 25.7 Å². The van der Waals surface area contributed by atoms with Crippen LogP contribution in [0.25, 0.3) is 0 Å². The van der Waals surface area contributed by atoms with Gasteiger partial charge in [0.25, 0.3) is 0 Å². The summed E-state index contributed by atoms with van der Waals surface area (Å²) in [7, 11) is 3.78. The molecule has 164 valence electrons. The predicted octanol–water partition coefficient (Wildman–Crippen LogP) is 1.58. The van der Waals surface area contributed by atoms with Gasteiger partial charge < -0.3 is 24.4 Å². The van der Waals surface area contributed by atoms with Crippen molar-refractivity contribution in [1.82, 2.24) is 5.32 Å². The van der Waals surface area contributed by atoms with Crippen molar-refractivity contribution in [2.75, 3.05) is 27.5 Å². The van der Waals surface area contributed by atoms with Crippen molar-refractivity contribution in [2.45, 2.75) is 63.5 Å². The third-order valence-electron chi connectivity index (χ3n) is 7.23. The fourth-order valence-electron chi connectivity index (χ4n) is 5.39. The van der Waals surface area contributed by atoms with Crippen molar-refractivity contribution in [2.24, 2.45) is 5.92 Å². The lowest BCUT2D eigenvalue weighted by Gasteiger charge is -2.38. The number of amides is 1. The van der Waals surface area contributed by atoms with E-state index in [0.717, 1.165) is 37.1 Å². The molecule has 30 heavy (non-hydrogen) atoms. The predicted molar refractivity (Wildman–Crippen MR) is 111 cm³/mol. The summed E-state index contributed by atoms with van der Waals surface area (Å²) in [5, 5.41) is 2.88. The number of quaternary nitrogens is 1. The van der Waals surface area contributed by atoms with Gasteiger partial charge in [-0.3, -0.25) is 9.59 Å². The largest absolute Gasteiger partial charge is 0.492 e. The number of rotatable bonds is 8. The number of benzene rings is 1. The average Bonchev–Trinajstić information content (AvgIpc) is 3.40. The number of methoxy groups -OCH3 is 1. The van der Waals surface area contributed by atoms with Crippen molar-refractivity contribution in [3.63, 3.8) is 0 Å². The van der Waals surface area contributed by atoms with E-state index in [-0.39, 0.29) is 18.6 Å². The van der Waals surface area contributed by atoms with Gasteiger partial charge in [-0.15, -0.1) is 0 Å². The number of hydrogen-bond acceptors (Lipinski definition) is 5. The van der Waals surface area contributed by atoms with Crippen LogP contribution >= 0.6 is 0 Å². The van der Waals surface area contributed by atoms with Crippen LogP contribution < -0.4 is 24.4 Å². The van der Waals surface area contributed by atoms with Gasteiger partial charge in [0.1, 0.15) is 11.6 Å². The highest BCUT2D eigenvalue weighted by Gasteiger charge is 2.44. The molecule has 1 aliphatic carbocycles. The summed E-state index contributed by atoms with van der Waals surface area (Å²) in [5.74, 6) is 2.62. The van der Waals surface area contributed by atoms with E-state index in [4.69, 9.17) is 14.2 Å². The fourth-order valence-corrected chi connectivity index (χ4v) is 5.39. The second kappa shape index (κ2) is 8.46. The van der Waals surface area contributed by atoms with Crippen LogP contribution in [0.1, 0.15) is 62.6 Å². The highest BCUT2D eigenvalue weighted by Crippen LogP contribution is 2.48. The van der Waals surface area contributed by atoms with Crippen molar-refractivity contribution in [3.8, 4) is 17.2 Å². The number of fused-ring (bicyclic) bond motifs is 2. The lowest BCUT2D eigenvalue weighted by Crippen LogP contribution is -3.10. The Morgan fingerprint density at radius 1 is 1.37 bits per heavy atom. The van der Waals surface area contributed by atoms with Crippen molar-refractivity contribution >= 4 is 12.2 Å². The van der Waals surface area contributed by atoms with E-state index in [2.05, 4.69) is 12.4 Å². The molecule has 1 aromatic rings. The molecule has 2 heterocycles. The molecule has 7 nitrogen and oxygen atoms in total. The third kappa shape index (κ3) is 3.75. The van der Waals surface area contributed by atoms with Crippen LogP contribution in [0.15, 0.2) is 6.07 Å². The van der Waals surface area contributed by atoms with Crippen LogP contribution in [0.4, 0.5) is 0 Å². The number of carbonyl (C=O) groups is 2. The van der Waals surface area contributed by atoms with E-state index in [9.17, 15) is 9.59 Å². The molecular weight excluding hydrogens is 384 g/mol. The van der Waals surface area contributed by atoms with Crippen molar-refractivity contribution < 1.29 is 28.7 Å². The molecule has 2 N–H and O–H groups in total. The Balaban J connectivity index is 1.67. The first-order valence-electron chi connectivity index (χ1n) is 11.0. The summed E-state index contributed by atoms with van der Waals surface area (Å²) >= 11 is 0. The maximum Gasteiger partial charge on any atom is 0.231 e. The van der Waals surface area contributed by atoms with E-state index in [1.54, 1.807) is 7.11 Å². The van der Waals surface area contributed by atoms with E-state index in [1.165, 1.54) is 23.3 Å². The van der Waals surface area contributed by atoms with Gasteiger partial charge in [0.2, 0.25) is 19.0 Å². The highest BCUT2D eigenvalue weighted by molar-refractivity contribution is 5.90. The Bertz CT molecular complexity index is 820. The van der Waals surface area contributed by atoms with Crippen LogP contribution in [0.3, 0.4) is 0 Å². The van der Waals surface area contributed by atoms with Crippen LogP contribution in [-0.4, -0.2) is 45.2 Å². The molecule has 1 aromatic carbocycles. The zero-order chi connectivity index (χ0) is 21.3. The van der Waals surface area contributed by atoms with Crippen molar-refractivity contribution in [1.29, 1.82) is 0 Å². The Hall–Kier alpha value is -2.28. The summed E-state index contributed by atoms with van der Waals surface area (Å²) in [4.78, 5) is 26.1. The van der Waals surface area contributed by atoms with Gasteiger partial charge in [-0.25, -0.2) is 0 Å². The summed E-state index contributed by atoms with van der Waals surface area (Å²) in [6.45, 7) is 3.00. The topological polar surface area (TPSA) is 78.3 Å². The van der Waals surface area contributed by atoms with Gasteiger partial charge in [-0.2, -0.15) is 0 Å². The molecule has 3 aliphatic rings. The maximum absolute atomic E-state index is 13.3. The monoisotopic (exact) mass is 417 g/mol. The van der Waals surface area contributed by atoms with E-state index in [0.29, 0.717) is 36.7 Å². The molecule has 0 saturated heterocycles. The number of nitrogens with one attached hydrogen (secondary N) is 2. The number of carbonyl (C=O) groups excluding carboxylic acids is 2. The summed E-state index contributed by atoms with van der Waals surface area (Å²) in [6.07, 6.45) is 7.24. The molecule has 3 atom stereocenters. The SMILES string of the molecule is COc1c2c(cc3c1[C@@H](C[C@](C)(NC=O)C(=O)CC1CCCC1)[NH+](C)CC3)OCO2. The van der Waals surface area contributed by atoms with Crippen LogP contribution in [-0.2, 0) is 16.0 Å². The Morgan fingerprint density at radius 3 is 2.83 bits per heavy atom. The molecule has 0 radical (unpaired) electrons. The minimum Gasteiger partial charge on any atom is -0.492 e. The van der Waals surface area contributed by atoms with E-state index in [1.807, 2.05) is 13.0 Å².